The molecule has 0 aliphatic rings. The van der Waals surface area contributed by atoms with E-state index < -0.39 is 18.8 Å². The number of rotatable bonds is 6. The molecule has 0 aromatic carbocycles. The van der Waals surface area contributed by atoms with Gasteiger partial charge >= 0.3 is 6.18 Å². The molecule has 1 unspecified atom stereocenters. The minimum absolute atomic E-state index is 0.183. The van der Waals surface area contributed by atoms with Crippen molar-refractivity contribution in [2.75, 3.05) is 20.1 Å². The van der Waals surface area contributed by atoms with Gasteiger partial charge < -0.3 is 5.32 Å². The SMILES string of the molecule is CNC(C#N)CCN(CC(F)(F)F)C(C)C. The monoisotopic (exact) mass is 237 g/mol. The fourth-order valence-electron chi connectivity index (χ4n) is 1.32. The van der Waals surface area contributed by atoms with Crippen molar-refractivity contribution in [2.24, 2.45) is 0 Å². The second-order valence-corrected chi connectivity index (χ2v) is 3.94. The lowest BCUT2D eigenvalue weighted by Gasteiger charge is -2.28. The average molecular weight is 237 g/mol. The standard InChI is InChI=1S/C10H18F3N3/c1-8(2)16(7-10(11,12)13)5-4-9(6-14)15-3/h8-9,15H,4-5,7H2,1-3H3. The van der Waals surface area contributed by atoms with Crippen molar-refractivity contribution in [2.45, 2.75) is 38.5 Å². The van der Waals surface area contributed by atoms with Gasteiger partial charge in [-0.3, -0.25) is 4.90 Å². The molecule has 0 fully saturated rings. The van der Waals surface area contributed by atoms with Gasteiger partial charge in [-0.15, -0.1) is 0 Å². The van der Waals surface area contributed by atoms with Crippen molar-refractivity contribution in [1.82, 2.24) is 10.2 Å². The summed E-state index contributed by atoms with van der Waals surface area (Å²) in [6.45, 7) is 2.77. The molecule has 0 aromatic rings. The first-order valence-corrected chi connectivity index (χ1v) is 5.18. The van der Waals surface area contributed by atoms with Crippen molar-refractivity contribution in [3.05, 3.63) is 0 Å². The van der Waals surface area contributed by atoms with Gasteiger partial charge in [-0.1, -0.05) is 0 Å². The Bertz CT molecular complexity index is 232. The molecule has 0 saturated heterocycles. The Balaban J connectivity index is 4.20. The van der Waals surface area contributed by atoms with Crippen LogP contribution in [0.25, 0.3) is 0 Å². The summed E-state index contributed by atoms with van der Waals surface area (Å²) < 4.78 is 36.7. The first-order chi connectivity index (χ1) is 7.30. The summed E-state index contributed by atoms with van der Waals surface area (Å²) in [5.41, 5.74) is 0. The molecule has 0 saturated carbocycles. The fraction of sp³-hybridized carbons (Fsp3) is 0.900. The highest BCUT2D eigenvalue weighted by Gasteiger charge is 2.31. The Morgan fingerprint density at radius 3 is 2.25 bits per heavy atom. The molecule has 0 aliphatic carbocycles. The van der Waals surface area contributed by atoms with E-state index in [-0.39, 0.29) is 12.6 Å². The first-order valence-electron chi connectivity index (χ1n) is 5.18. The number of alkyl halides is 3. The number of nitriles is 1. The predicted molar refractivity (Wildman–Crippen MR) is 55.8 cm³/mol. The van der Waals surface area contributed by atoms with Crippen LogP contribution in [-0.4, -0.2) is 43.3 Å². The lowest BCUT2D eigenvalue weighted by atomic mass is 10.2. The second kappa shape index (κ2) is 6.71. The summed E-state index contributed by atoms with van der Waals surface area (Å²) in [6.07, 6.45) is -3.80. The van der Waals surface area contributed by atoms with Gasteiger partial charge in [0.25, 0.3) is 0 Å². The molecular weight excluding hydrogens is 219 g/mol. The van der Waals surface area contributed by atoms with Gasteiger partial charge in [0.05, 0.1) is 18.7 Å². The molecule has 0 rings (SSSR count). The van der Waals surface area contributed by atoms with Gasteiger partial charge in [0.2, 0.25) is 0 Å². The fourth-order valence-corrected chi connectivity index (χ4v) is 1.32. The van der Waals surface area contributed by atoms with Crippen LogP contribution in [0.3, 0.4) is 0 Å². The molecule has 94 valence electrons. The van der Waals surface area contributed by atoms with E-state index in [2.05, 4.69) is 5.32 Å². The molecule has 0 amide bonds. The van der Waals surface area contributed by atoms with Gasteiger partial charge in [-0.05, 0) is 27.3 Å². The van der Waals surface area contributed by atoms with Crippen LogP contribution in [0.5, 0.6) is 0 Å². The smallest absolute Gasteiger partial charge is 0.305 e. The number of nitrogens with zero attached hydrogens (tertiary/aromatic N) is 2. The molecular formula is C10H18F3N3. The van der Waals surface area contributed by atoms with Gasteiger partial charge in [0.1, 0.15) is 0 Å². The Hall–Kier alpha value is -0.800. The summed E-state index contributed by atoms with van der Waals surface area (Å²) in [5.74, 6) is 0. The quantitative estimate of drug-likeness (QED) is 0.765. The molecule has 16 heavy (non-hydrogen) atoms. The van der Waals surface area contributed by atoms with Crippen LogP contribution in [0.15, 0.2) is 0 Å². The maximum Gasteiger partial charge on any atom is 0.401 e. The zero-order valence-corrected chi connectivity index (χ0v) is 9.80. The maximum absolute atomic E-state index is 12.2. The molecule has 0 radical (unpaired) electrons. The van der Waals surface area contributed by atoms with Crippen LogP contribution in [0.1, 0.15) is 20.3 Å². The normalized spacial score (nSPS) is 14.2. The van der Waals surface area contributed by atoms with Crippen LogP contribution in [0.2, 0.25) is 0 Å². The van der Waals surface area contributed by atoms with Gasteiger partial charge in [-0.2, -0.15) is 18.4 Å². The molecule has 0 aromatic heterocycles. The molecule has 0 aliphatic heterocycles. The largest absolute Gasteiger partial charge is 0.401 e. The van der Waals surface area contributed by atoms with Crippen molar-refractivity contribution in [3.63, 3.8) is 0 Å². The van der Waals surface area contributed by atoms with Gasteiger partial charge in [0.15, 0.2) is 0 Å². The van der Waals surface area contributed by atoms with Crippen molar-refractivity contribution in [1.29, 1.82) is 5.26 Å². The Morgan fingerprint density at radius 1 is 1.38 bits per heavy atom. The Labute approximate surface area is 94.2 Å². The maximum atomic E-state index is 12.2. The van der Waals surface area contributed by atoms with Crippen LogP contribution >= 0.6 is 0 Å². The average Bonchev–Trinajstić information content (AvgIpc) is 2.15. The lowest BCUT2D eigenvalue weighted by Crippen LogP contribution is -2.41. The number of hydrogen-bond acceptors (Lipinski definition) is 3. The zero-order valence-electron chi connectivity index (χ0n) is 9.80. The highest BCUT2D eigenvalue weighted by Crippen LogP contribution is 2.18. The van der Waals surface area contributed by atoms with Crippen LogP contribution in [0.4, 0.5) is 13.2 Å². The summed E-state index contributed by atoms with van der Waals surface area (Å²) in [5, 5.41) is 11.4. The van der Waals surface area contributed by atoms with Crippen molar-refractivity contribution < 1.29 is 13.2 Å². The third-order valence-corrected chi connectivity index (χ3v) is 2.32. The molecule has 3 nitrogen and oxygen atoms in total. The van der Waals surface area contributed by atoms with Crippen LogP contribution in [0, 0.1) is 11.3 Å². The van der Waals surface area contributed by atoms with E-state index in [1.54, 1.807) is 20.9 Å². The number of nitrogens with one attached hydrogen (secondary N) is 1. The van der Waals surface area contributed by atoms with E-state index in [9.17, 15) is 13.2 Å². The topological polar surface area (TPSA) is 39.1 Å². The zero-order chi connectivity index (χ0) is 12.8. The van der Waals surface area contributed by atoms with E-state index >= 15 is 0 Å². The minimum Gasteiger partial charge on any atom is -0.305 e. The third-order valence-electron chi connectivity index (χ3n) is 2.32. The van der Waals surface area contributed by atoms with Crippen molar-refractivity contribution >= 4 is 0 Å². The molecule has 0 heterocycles. The van der Waals surface area contributed by atoms with E-state index in [1.807, 2.05) is 6.07 Å². The Morgan fingerprint density at radius 2 is 1.94 bits per heavy atom. The first kappa shape index (κ1) is 15.2. The van der Waals surface area contributed by atoms with Gasteiger partial charge in [0, 0.05) is 12.6 Å². The van der Waals surface area contributed by atoms with E-state index in [4.69, 9.17) is 5.26 Å². The molecule has 6 heteroatoms. The minimum atomic E-state index is -4.19. The third kappa shape index (κ3) is 6.64. The van der Waals surface area contributed by atoms with Crippen molar-refractivity contribution in [3.8, 4) is 6.07 Å². The Kier molecular flexibility index (Phi) is 6.38. The van der Waals surface area contributed by atoms with Crippen LogP contribution < -0.4 is 5.32 Å². The highest BCUT2D eigenvalue weighted by atomic mass is 19.4. The summed E-state index contributed by atoms with van der Waals surface area (Å²) >= 11 is 0. The highest BCUT2D eigenvalue weighted by molar-refractivity contribution is 4.89. The number of hydrogen-bond donors (Lipinski definition) is 1. The van der Waals surface area contributed by atoms with E-state index in [0.717, 1.165) is 0 Å². The summed E-state index contributed by atoms with van der Waals surface area (Å²) in [6, 6.07) is 1.41. The van der Waals surface area contributed by atoms with Gasteiger partial charge in [-0.25, -0.2) is 0 Å². The molecule has 0 spiro atoms. The van der Waals surface area contributed by atoms with E-state index in [0.29, 0.717) is 6.42 Å². The predicted octanol–water partition coefficient (Wildman–Crippen LogP) is 1.76. The number of halogens is 3. The molecule has 0 bridgehead atoms. The lowest BCUT2D eigenvalue weighted by molar-refractivity contribution is -0.149. The second-order valence-electron chi connectivity index (χ2n) is 3.94. The summed E-state index contributed by atoms with van der Waals surface area (Å²) in [4.78, 5) is 1.32. The molecule has 1 N–H and O–H groups in total. The molecule has 1 atom stereocenters. The summed E-state index contributed by atoms with van der Waals surface area (Å²) in [7, 11) is 1.62. The van der Waals surface area contributed by atoms with E-state index in [1.165, 1.54) is 4.90 Å². The van der Waals surface area contributed by atoms with Crippen LogP contribution in [-0.2, 0) is 0 Å².